The van der Waals surface area contributed by atoms with Crippen LogP contribution in [0, 0.1) is 5.82 Å². The lowest BCUT2D eigenvalue weighted by atomic mass is 10.3. The molecule has 2 aromatic rings. The second kappa shape index (κ2) is 5.28. The summed E-state index contributed by atoms with van der Waals surface area (Å²) in [5.74, 6) is -0.487. The van der Waals surface area contributed by atoms with Crippen LogP contribution in [0.1, 0.15) is 19.8 Å². The van der Waals surface area contributed by atoms with Crippen LogP contribution in [0.4, 0.5) is 15.2 Å². The van der Waals surface area contributed by atoms with Gasteiger partial charge in [0.2, 0.25) is 0 Å². The first-order valence-corrected chi connectivity index (χ1v) is 6.99. The molecule has 0 aliphatic carbocycles. The zero-order valence-electron chi connectivity index (χ0n) is 10.3. The largest absolute Gasteiger partial charge is 0.395 e. The van der Waals surface area contributed by atoms with Gasteiger partial charge < -0.3 is 10.6 Å². The number of aromatic nitrogens is 1. The van der Waals surface area contributed by atoms with Crippen LogP contribution in [0.3, 0.4) is 0 Å². The first-order chi connectivity index (χ1) is 8.54. The molecule has 98 valence electrons. The second-order valence-corrected chi connectivity index (χ2v) is 5.59. The maximum atomic E-state index is 13.5. The first kappa shape index (κ1) is 13.4. The smallest absolute Gasteiger partial charge is 0.186 e. The fourth-order valence-corrected chi connectivity index (χ4v) is 2.99. The van der Waals surface area contributed by atoms with E-state index in [1.165, 1.54) is 17.4 Å². The van der Waals surface area contributed by atoms with Gasteiger partial charge in [-0.2, -0.15) is 0 Å². The van der Waals surface area contributed by atoms with Gasteiger partial charge in [0.05, 0.1) is 15.4 Å². The van der Waals surface area contributed by atoms with Gasteiger partial charge >= 0.3 is 0 Å². The molecule has 0 saturated heterocycles. The topological polar surface area (TPSA) is 42.2 Å². The molecule has 0 spiro atoms. The highest BCUT2D eigenvalue weighted by Crippen LogP contribution is 2.37. The highest BCUT2D eigenvalue weighted by Gasteiger charge is 2.15. The average Bonchev–Trinajstić information content (AvgIpc) is 2.79. The molecule has 6 heteroatoms. The van der Waals surface area contributed by atoms with Crippen LogP contribution >= 0.6 is 22.9 Å². The third kappa shape index (κ3) is 2.37. The SMILES string of the molecule is CCCCN(C)c1nc2c(Cl)cc(F)c(N)c2s1. The molecule has 1 aromatic carbocycles. The number of halogens is 2. The predicted octanol–water partition coefficient (Wildman–Crippen LogP) is 3.91. The number of benzene rings is 1. The standard InChI is InChI=1S/C12H15ClFN3S/c1-3-4-5-17(2)12-16-10-7(13)6-8(14)9(15)11(10)18-12/h6H,3-5,15H2,1-2H3. The van der Waals surface area contributed by atoms with Gasteiger partial charge in [0.25, 0.3) is 0 Å². The normalized spacial score (nSPS) is 11.1. The molecule has 0 atom stereocenters. The van der Waals surface area contributed by atoms with Gasteiger partial charge in [0.15, 0.2) is 5.13 Å². The maximum absolute atomic E-state index is 13.5. The summed E-state index contributed by atoms with van der Waals surface area (Å²) >= 11 is 7.36. The second-order valence-electron chi connectivity index (χ2n) is 4.20. The van der Waals surface area contributed by atoms with Gasteiger partial charge in [0, 0.05) is 13.6 Å². The molecule has 1 heterocycles. The van der Waals surface area contributed by atoms with Crippen LogP contribution in [0.5, 0.6) is 0 Å². The van der Waals surface area contributed by atoms with E-state index in [2.05, 4.69) is 11.9 Å². The van der Waals surface area contributed by atoms with E-state index in [4.69, 9.17) is 17.3 Å². The van der Waals surface area contributed by atoms with E-state index in [0.29, 0.717) is 15.2 Å². The molecule has 2 N–H and O–H groups in total. The summed E-state index contributed by atoms with van der Waals surface area (Å²) in [6.45, 7) is 3.05. The average molecular weight is 288 g/mol. The zero-order chi connectivity index (χ0) is 13.3. The van der Waals surface area contributed by atoms with Crippen molar-refractivity contribution < 1.29 is 4.39 Å². The van der Waals surface area contributed by atoms with Crippen LogP contribution in [-0.2, 0) is 0 Å². The minimum absolute atomic E-state index is 0.127. The van der Waals surface area contributed by atoms with Crippen molar-refractivity contribution >= 4 is 44.0 Å². The number of nitrogen functional groups attached to an aromatic ring is 1. The van der Waals surface area contributed by atoms with Crippen molar-refractivity contribution in [2.45, 2.75) is 19.8 Å². The predicted molar refractivity (Wildman–Crippen MR) is 77.2 cm³/mol. The number of hydrogen-bond donors (Lipinski definition) is 1. The summed E-state index contributed by atoms with van der Waals surface area (Å²) in [6, 6.07) is 1.22. The Hall–Kier alpha value is -1.07. The Balaban J connectivity index is 2.44. The van der Waals surface area contributed by atoms with Crippen LogP contribution in [0.25, 0.3) is 10.2 Å². The van der Waals surface area contributed by atoms with E-state index in [-0.39, 0.29) is 5.69 Å². The van der Waals surface area contributed by atoms with E-state index in [1.54, 1.807) is 0 Å². The molecule has 0 fully saturated rings. The number of fused-ring (bicyclic) bond motifs is 1. The van der Waals surface area contributed by atoms with Gasteiger partial charge in [0.1, 0.15) is 11.3 Å². The Morgan fingerprint density at radius 3 is 2.94 bits per heavy atom. The monoisotopic (exact) mass is 287 g/mol. The number of unbranched alkanes of at least 4 members (excludes halogenated alkanes) is 1. The van der Waals surface area contributed by atoms with Crippen molar-refractivity contribution in [3.05, 3.63) is 16.9 Å². The van der Waals surface area contributed by atoms with Crippen LogP contribution in [0.2, 0.25) is 5.02 Å². The number of thiazole rings is 1. The molecule has 0 amide bonds. The van der Waals surface area contributed by atoms with E-state index < -0.39 is 5.82 Å². The molecule has 0 radical (unpaired) electrons. The summed E-state index contributed by atoms with van der Waals surface area (Å²) in [6.07, 6.45) is 2.21. The lowest BCUT2D eigenvalue weighted by molar-refractivity contribution is 0.634. The number of hydrogen-bond acceptors (Lipinski definition) is 4. The fraction of sp³-hybridized carbons (Fsp3) is 0.417. The summed E-state index contributed by atoms with van der Waals surface area (Å²) in [4.78, 5) is 6.48. The number of anilines is 2. The van der Waals surface area contributed by atoms with E-state index in [9.17, 15) is 4.39 Å². The van der Waals surface area contributed by atoms with Crippen molar-refractivity contribution in [2.24, 2.45) is 0 Å². The summed E-state index contributed by atoms with van der Waals surface area (Å²) in [5, 5.41) is 1.13. The van der Waals surface area contributed by atoms with Crippen molar-refractivity contribution in [3.8, 4) is 0 Å². The molecule has 0 aliphatic heterocycles. The minimum Gasteiger partial charge on any atom is -0.395 e. The van der Waals surface area contributed by atoms with Gasteiger partial charge in [-0.15, -0.1) is 0 Å². The fourth-order valence-electron chi connectivity index (χ4n) is 1.67. The van der Waals surface area contributed by atoms with Crippen molar-refractivity contribution in [3.63, 3.8) is 0 Å². The Kier molecular flexibility index (Phi) is 3.92. The maximum Gasteiger partial charge on any atom is 0.186 e. The first-order valence-electron chi connectivity index (χ1n) is 5.79. The van der Waals surface area contributed by atoms with Gasteiger partial charge in [-0.3, -0.25) is 0 Å². The minimum atomic E-state index is -0.487. The Labute approximate surface area is 114 Å². The van der Waals surface area contributed by atoms with Gasteiger partial charge in [-0.05, 0) is 12.5 Å². The van der Waals surface area contributed by atoms with Gasteiger partial charge in [-0.1, -0.05) is 36.3 Å². The molecular formula is C12H15ClFN3S. The molecule has 0 saturated carbocycles. The molecule has 2 rings (SSSR count). The van der Waals surface area contributed by atoms with Crippen molar-refractivity contribution in [2.75, 3.05) is 24.2 Å². The third-order valence-corrected chi connectivity index (χ3v) is 4.26. The van der Waals surface area contributed by atoms with Crippen molar-refractivity contribution in [1.82, 2.24) is 4.98 Å². The highest BCUT2D eigenvalue weighted by atomic mass is 35.5. The van der Waals surface area contributed by atoms with Crippen LogP contribution in [0.15, 0.2) is 6.07 Å². The van der Waals surface area contributed by atoms with Crippen LogP contribution < -0.4 is 10.6 Å². The number of nitrogens with zero attached hydrogens (tertiary/aromatic N) is 2. The quantitative estimate of drug-likeness (QED) is 0.867. The molecule has 3 nitrogen and oxygen atoms in total. The highest BCUT2D eigenvalue weighted by molar-refractivity contribution is 7.22. The zero-order valence-corrected chi connectivity index (χ0v) is 11.9. The lowest BCUT2D eigenvalue weighted by Gasteiger charge is -2.14. The van der Waals surface area contributed by atoms with Crippen LogP contribution in [-0.4, -0.2) is 18.6 Å². The molecular weight excluding hydrogens is 273 g/mol. The Morgan fingerprint density at radius 2 is 2.28 bits per heavy atom. The molecule has 0 aliphatic rings. The van der Waals surface area contributed by atoms with Crippen molar-refractivity contribution in [1.29, 1.82) is 0 Å². The summed E-state index contributed by atoms with van der Waals surface area (Å²) in [5.41, 5.74) is 6.43. The number of nitrogens with two attached hydrogens (primary N) is 1. The van der Waals surface area contributed by atoms with E-state index in [1.807, 2.05) is 11.9 Å². The number of rotatable bonds is 4. The Morgan fingerprint density at radius 1 is 1.56 bits per heavy atom. The molecule has 18 heavy (non-hydrogen) atoms. The molecule has 1 aromatic heterocycles. The third-order valence-electron chi connectivity index (χ3n) is 2.77. The summed E-state index contributed by atoms with van der Waals surface area (Å²) in [7, 11) is 1.97. The van der Waals surface area contributed by atoms with E-state index >= 15 is 0 Å². The summed E-state index contributed by atoms with van der Waals surface area (Å²) < 4.78 is 14.1. The van der Waals surface area contributed by atoms with E-state index in [0.717, 1.165) is 24.5 Å². The lowest BCUT2D eigenvalue weighted by Crippen LogP contribution is -2.17. The molecule has 0 bridgehead atoms. The molecule has 0 unspecified atom stereocenters. The van der Waals surface area contributed by atoms with Gasteiger partial charge in [-0.25, -0.2) is 9.37 Å². The Bertz CT molecular complexity index is 570.